The Morgan fingerprint density at radius 1 is 1.17 bits per heavy atom. The van der Waals surface area contributed by atoms with Gasteiger partial charge in [-0.1, -0.05) is 20.3 Å². The van der Waals surface area contributed by atoms with Crippen molar-refractivity contribution in [1.29, 1.82) is 0 Å². The Hall–Kier alpha value is -0.370. The molecule has 0 atom stereocenters. The van der Waals surface area contributed by atoms with Crippen LogP contribution in [0.3, 0.4) is 0 Å². The van der Waals surface area contributed by atoms with Gasteiger partial charge in [0.1, 0.15) is 6.29 Å². The van der Waals surface area contributed by atoms with Crippen molar-refractivity contribution in [1.82, 2.24) is 4.90 Å². The van der Waals surface area contributed by atoms with E-state index in [-0.39, 0.29) is 5.92 Å². The molecule has 0 saturated carbocycles. The molecule has 1 heterocycles. The lowest BCUT2D eigenvalue weighted by molar-refractivity contribution is -0.110. The second-order valence-electron chi connectivity index (χ2n) is 3.74. The van der Waals surface area contributed by atoms with Crippen LogP contribution >= 0.6 is 0 Å². The minimum Gasteiger partial charge on any atom is -0.306 e. The predicted octanol–water partition coefficient (Wildman–Crippen LogP) is 1.94. The summed E-state index contributed by atoms with van der Waals surface area (Å²) >= 11 is 0. The van der Waals surface area contributed by atoms with Crippen molar-refractivity contribution in [2.75, 3.05) is 20.1 Å². The van der Waals surface area contributed by atoms with Crippen LogP contribution in [-0.4, -0.2) is 31.3 Å². The van der Waals surface area contributed by atoms with Crippen molar-refractivity contribution in [3.63, 3.8) is 0 Å². The Balaban J connectivity index is 0.000000217. The fourth-order valence-electron chi connectivity index (χ4n) is 1.05. The Kier molecular flexibility index (Phi) is 7.06. The number of rotatable bonds is 1. The largest absolute Gasteiger partial charge is 0.306 e. The van der Waals surface area contributed by atoms with Crippen LogP contribution in [0.1, 0.15) is 33.1 Å². The Morgan fingerprint density at radius 2 is 1.58 bits per heavy atom. The molecular weight excluding hydrogens is 150 g/mol. The number of likely N-dealkylation sites (tertiary alicyclic amines) is 1. The molecule has 0 bridgehead atoms. The van der Waals surface area contributed by atoms with Crippen molar-refractivity contribution in [3.05, 3.63) is 0 Å². The molecule has 1 rings (SSSR count). The number of piperidine rings is 1. The van der Waals surface area contributed by atoms with Gasteiger partial charge in [0.2, 0.25) is 0 Å². The zero-order valence-corrected chi connectivity index (χ0v) is 8.55. The summed E-state index contributed by atoms with van der Waals surface area (Å²) in [7, 11) is 2.19. The summed E-state index contributed by atoms with van der Waals surface area (Å²) in [4.78, 5) is 11.9. The molecule has 1 aliphatic heterocycles. The number of carbonyl (C=O) groups excluding carboxylic acids is 1. The summed E-state index contributed by atoms with van der Waals surface area (Å²) in [5, 5.41) is 0. The number of hydrogen-bond donors (Lipinski definition) is 0. The summed E-state index contributed by atoms with van der Waals surface area (Å²) in [6.45, 7) is 6.35. The van der Waals surface area contributed by atoms with Gasteiger partial charge in [0.15, 0.2) is 0 Å². The highest BCUT2D eigenvalue weighted by Crippen LogP contribution is 2.04. The highest BCUT2D eigenvalue weighted by atomic mass is 16.1. The molecule has 1 fully saturated rings. The van der Waals surface area contributed by atoms with E-state index >= 15 is 0 Å². The van der Waals surface area contributed by atoms with Gasteiger partial charge in [-0.15, -0.1) is 0 Å². The van der Waals surface area contributed by atoms with Gasteiger partial charge in [-0.05, 0) is 33.0 Å². The quantitative estimate of drug-likeness (QED) is 0.562. The smallest absolute Gasteiger partial charge is 0.122 e. The monoisotopic (exact) mass is 171 g/mol. The van der Waals surface area contributed by atoms with Gasteiger partial charge in [-0.25, -0.2) is 0 Å². The predicted molar refractivity (Wildman–Crippen MR) is 52.3 cm³/mol. The number of carbonyl (C=O) groups is 1. The molecule has 0 aromatic heterocycles. The van der Waals surface area contributed by atoms with Crippen molar-refractivity contribution < 1.29 is 4.79 Å². The molecule has 0 aromatic rings. The van der Waals surface area contributed by atoms with Crippen LogP contribution in [0, 0.1) is 5.92 Å². The van der Waals surface area contributed by atoms with E-state index in [2.05, 4.69) is 11.9 Å². The maximum Gasteiger partial charge on any atom is 0.122 e. The van der Waals surface area contributed by atoms with E-state index in [1.165, 1.54) is 32.4 Å². The first-order chi connectivity index (χ1) is 5.66. The van der Waals surface area contributed by atoms with Crippen LogP contribution in [0.2, 0.25) is 0 Å². The first-order valence-electron chi connectivity index (χ1n) is 4.80. The third kappa shape index (κ3) is 7.73. The number of aldehydes is 1. The van der Waals surface area contributed by atoms with Crippen molar-refractivity contribution in [3.8, 4) is 0 Å². The second-order valence-corrected chi connectivity index (χ2v) is 3.74. The fourth-order valence-corrected chi connectivity index (χ4v) is 1.05. The molecule has 2 nitrogen and oxygen atoms in total. The molecule has 0 unspecified atom stereocenters. The van der Waals surface area contributed by atoms with E-state index in [1.807, 2.05) is 13.8 Å². The number of nitrogens with zero attached hydrogens (tertiary/aromatic N) is 1. The van der Waals surface area contributed by atoms with Crippen LogP contribution in [0.4, 0.5) is 0 Å². The van der Waals surface area contributed by atoms with E-state index in [0.29, 0.717) is 0 Å². The van der Waals surface area contributed by atoms with E-state index < -0.39 is 0 Å². The summed E-state index contributed by atoms with van der Waals surface area (Å²) in [6, 6.07) is 0. The normalized spacial score (nSPS) is 18.3. The summed E-state index contributed by atoms with van der Waals surface area (Å²) in [5.41, 5.74) is 0. The van der Waals surface area contributed by atoms with Crippen LogP contribution in [0.15, 0.2) is 0 Å². The fraction of sp³-hybridized carbons (Fsp3) is 0.900. The molecule has 0 N–H and O–H groups in total. The van der Waals surface area contributed by atoms with Crippen LogP contribution < -0.4 is 0 Å². The van der Waals surface area contributed by atoms with Gasteiger partial charge in [0.25, 0.3) is 0 Å². The average molecular weight is 171 g/mol. The highest BCUT2D eigenvalue weighted by molar-refractivity contribution is 5.51. The zero-order chi connectivity index (χ0) is 9.40. The maximum atomic E-state index is 9.50. The van der Waals surface area contributed by atoms with E-state index in [1.54, 1.807) is 0 Å². The first kappa shape index (κ1) is 11.6. The van der Waals surface area contributed by atoms with Crippen LogP contribution in [0.5, 0.6) is 0 Å². The van der Waals surface area contributed by atoms with E-state index in [0.717, 1.165) is 6.29 Å². The van der Waals surface area contributed by atoms with Crippen molar-refractivity contribution in [2.24, 2.45) is 5.92 Å². The van der Waals surface area contributed by atoms with Gasteiger partial charge >= 0.3 is 0 Å². The lowest BCUT2D eigenvalue weighted by atomic mass is 10.1. The molecule has 72 valence electrons. The third-order valence-electron chi connectivity index (χ3n) is 1.85. The Labute approximate surface area is 75.9 Å². The molecule has 1 aliphatic rings. The van der Waals surface area contributed by atoms with Crippen LogP contribution in [0.25, 0.3) is 0 Å². The lowest BCUT2D eigenvalue weighted by Crippen LogP contribution is -2.24. The molecule has 0 aliphatic carbocycles. The minimum atomic E-state index is 0.204. The SMILES string of the molecule is CC(C)C=O.CN1CCCCC1. The third-order valence-corrected chi connectivity index (χ3v) is 1.85. The van der Waals surface area contributed by atoms with Crippen molar-refractivity contribution >= 4 is 6.29 Å². The molecule has 2 heteroatoms. The second kappa shape index (κ2) is 7.29. The molecule has 12 heavy (non-hydrogen) atoms. The maximum absolute atomic E-state index is 9.50. The Bertz CT molecular complexity index is 106. The highest BCUT2D eigenvalue weighted by Gasteiger charge is 2.02. The lowest BCUT2D eigenvalue weighted by Gasteiger charge is -2.20. The summed E-state index contributed by atoms with van der Waals surface area (Å²) in [6.07, 6.45) is 5.19. The van der Waals surface area contributed by atoms with Gasteiger partial charge in [-0.3, -0.25) is 0 Å². The zero-order valence-electron chi connectivity index (χ0n) is 8.55. The summed E-state index contributed by atoms with van der Waals surface area (Å²) < 4.78 is 0. The minimum absolute atomic E-state index is 0.204. The van der Waals surface area contributed by atoms with E-state index in [9.17, 15) is 4.79 Å². The van der Waals surface area contributed by atoms with Gasteiger partial charge in [0.05, 0.1) is 0 Å². The molecule has 0 amide bonds. The number of hydrogen-bond acceptors (Lipinski definition) is 2. The van der Waals surface area contributed by atoms with Gasteiger partial charge < -0.3 is 9.69 Å². The molecule has 1 saturated heterocycles. The first-order valence-corrected chi connectivity index (χ1v) is 4.80. The van der Waals surface area contributed by atoms with Crippen molar-refractivity contribution in [2.45, 2.75) is 33.1 Å². The molecule has 0 spiro atoms. The topological polar surface area (TPSA) is 20.3 Å². The standard InChI is InChI=1S/C6H13N.C4H8O/c1-7-5-3-2-4-6-7;1-4(2)3-5/h2-6H2,1H3;3-4H,1-2H3. The van der Waals surface area contributed by atoms with Crippen LogP contribution in [-0.2, 0) is 4.79 Å². The van der Waals surface area contributed by atoms with Gasteiger partial charge in [-0.2, -0.15) is 0 Å². The van der Waals surface area contributed by atoms with E-state index in [4.69, 9.17) is 0 Å². The molecule has 0 aromatic carbocycles. The summed E-state index contributed by atoms with van der Waals surface area (Å²) in [5.74, 6) is 0.204. The molecule has 0 radical (unpaired) electrons. The average Bonchev–Trinajstić information content (AvgIpc) is 2.07. The Morgan fingerprint density at radius 3 is 1.75 bits per heavy atom. The molecular formula is C10H21NO. The van der Waals surface area contributed by atoms with Gasteiger partial charge in [0, 0.05) is 5.92 Å².